The first-order valence-electron chi connectivity index (χ1n) is 7.61. The first kappa shape index (κ1) is 13.4. The highest BCUT2D eigenvalue weighted by molar-refractivity contribution is 5.63. The highest BCUT2D eigenvalue weighted by Crippen LogP contribution is 2.26. The Morgan fingerprint density at radius 3 is 2.30 bits per heavy atom. The Morgan fingerprint density at radius 1 is 0.950 bits per heavy atom. The van der Waals surface area contributed by atoms with Crippen molar-refractivity contribution in [1.29, 1.82) is 0 Å². The summed E-state index contributed by atoms with van der Waals surface area (Å²) in [5.41, 5.74) is 3.95. The summed E-state index contributed by atoms with van der Waals surface area (Å²) in [6.45, 7) is 3.20. The van der Waals surface area contributed by atoms with Crippen LogP contribution in [0.2, 0.25) is 0 Å². The lowest BCUT2D eigenvalue weighted by atomic mass is 9.97. The van der Waals surface area contributed by atoms with Crippen LogP contribution in [0.1, 0.15) is 25.3 Å². The van der Waals surface area contributed by atoms with Gasteiger partial charge in [0.2, 0.25) is 0 Å². The Labute approximate surface area is 121 Å². The van der Waals surface area contributed by atoms with Gasteiger partial charge in [0.1, 0.15) is 0 Å². The van der Waals surface area contributed by atoms with E-state index in [4.69, 9.17) is 4.74 Å². The average molecular weight is 266 g/mol. The van der Waals surface area contributed by atoms with Gasteiger partial charge in [0.25, 0.3) is 0 Å². The fraction of sp³-hybridized carbons (Fsp3) is 0.368. The molecule has 3 rings (SSSR count). The summed E-state index contributed by atoms with van der Waals surface area (Å²) >= 11 is 0. The second-order valence-electron chi connectivity index (χ2n) is 5.73. The monoisotopic (exact) mass is 266 g/mol. The van der Waals surface area contributed by atoms with Crippen LogP contribution in [-0.2, 0) is 11.2 Å². The van der Waals surface area contributed by atoms with Gasteiger partial charge in [-0.1, -0.05) is 67.9 Å². The van der Waals surface area contributed by atoms with Crippen LogP contribution >= 0.6 is 0 Å². The third-order valence-electron chi connectivity index (χ3n) is 4.27. The van der Waals surface area contributed by atoms with E-state index in [1.54, 1.807) is 0 Å². The summed E-state index contributed by atoms with van der Waals surface area (Å²) in [6, 6.07) is 19.5. The zero-order chi connectivity index (χ0) is 13.8. The third kappa shape index (κ3) is 3.10. The molecule has 0 saturated carbocycles. The number of ether oxygens (including phenoxy) is 1. The number of hydrogen-bond acceptors (Lipinski definition) is 1. The highest BCUT2D eigenvalue weighted by atomic mass is 16.5. The minimum Gasteiger partial charge on any atom is -0.378 e. The van der Waals surface area contributed by atoms with Crippen molar-refractivity contribution in [3.63, 3.8) is 0 Å². The SMILES string of the molecule is CC[C@@H]1CO[C@H](Cc2ccc(-c3ccccc3)cc2)C1. The van der Waals surface area contributed by atoms with Crippen molar-refractivity contribution < 1.29 is 4.74 Å². The van der Waals surface area contributed by atoms with Crippen LogP contribution < -0.4 is 0 Å². The first-order valence-corrected chi connectivity index (χ1v) is 7.61. The Kier molecular flexibility index (Phi) is 4.17. The van der Waals surface area contributed by atoms with Gasteiger partial charge in [-0.3, -0.25) is 0 Å². The van der Waals surface area contributed by atoms with Crippen LogP contribution in [-0.4, -0.2) is 12.7 Å². The zero-order valence-electron chi connectivity index (χ0n) is 12.1. The largest absolute Gasteiger partial charge is 0.378 e. The van der Waals surface area contributed by atoms with E-state index in [0.29, 0.717) is 6.10 Å². The maximum absolute atomic E-state index is 5.88. The molecule has 0 aromatic heterocycles. The van der Waals surface area contributed by atoms with Crippen molar-refractivity contribution in [3.05, 3.63) is 60.2 Å². The lowest BCUT2D eigenvalue weighted by Gasteiger charge is -2.10. The quantitative estimate of drug-likeness (QED) is 0.778. The molecule has 1 heterocycles. The van der Waals surface area contributed by atoms with Crippen molar-refractivity contribution >= 4 is 0 Å². The van der Waals surface area contributed by atoms with Gasteiger partial charge in [-0.05, 0) is 35.4 Å². The van der Waals surface area contributed by atoms with E-state index in [2.05, 4.69) is 61.5 Å². The second-order valence-corrected chi connectivity index (χ2v) is 5.73. The van der Waals surface area contributed by atoms with Crippen molar-refractivity contribution in [1.82, 2.24) is 0 Å². The van der Waals surface area contributed by atoms with Gasteiger partial charge in [0.15, 0.2) is 0 Å². The van der Waals surface area contributed by atoms with Crippen LogP contribution in [0, 0.1) is 5.92 Å². The van der Waals surface area contributed by atoms with Crippen LogP contribution in [0.3, 0.4) is 0 Å². The predicted molar refractivity (Wildman–Crippen MR) is 83.7 cm³/mol. The van der Waals surface area contributed by atoms with E-state index in [1.165, 1.54) is 29.5 Å². The van der Waals surface area contributed by atoms with E-state index in [-0.39, 0.29) is 0 Å². The van der Waals surface area contributed by atoms with Crippen molar-refractivity contribution in [2.45, 2.75) is 32.3 Å². The molecule has 104 valence electrons. The normalized spacial score (nSPS) is 22.1. The van der Waals surface area contributed by atoms with E-state index >= 15 is 0 Å². The number of hydrogen-bond donors (Lipinski definition) is 0. The summed E-state index contributed by atoms with van der Waals surface area (Å²) in [5.74, 6) is 0.767. The molecule has 0 spiro atoms. The molecule has 0 unspecified atom stereocenters. The van der Waals surface area contributed by atoms with Crippen molar-refractivity contribution in [2.24, 2.45) is 5.92 Å². The molecule has 0 N–H and O–H groups in total. The van der Waals surface area contributed by atoms with Crippen LogP contribution in [0.4, 0.5) is 0 Å². The molecule has 0 aliphatic carbocycles. The van der Waals surface area contributed by atoms with Crippen molar-refractivity contribution in [3.8, 4) is 11.1 Å². The number of benzene rings is 2. The Morgan fingerprint density at radius 2 is 1.65 bits per heavy atom. The molecule has 1 fully saturated rings. The minimum absolute atomic E-state index is 0.419. The Bertz CT molecular complexity index is 529. The molecule has 1 aliphatic heterocycles. The molecule has 2 aromatic carbocycles. The fourth-order valence-corrected chi connectivity index (χ4v) is 2.93. The molecule has 2 atom stereocenters. The molecule has 1 nitrogen and oxygen atoms in total. The molecule has 20 heavy (non-hydrogen) atoms. The molecular weight excluding hydrogens is 244 g/mol. The first-order chi connectivity index (χ1) is 9.85. The maximum atomic E-state index is 5.88. The van der Waals surface area contributed by atoms with Crippen LogP contribution in [0.25, 0.3) is 11.1 Å². The van der Waals surface area contributed by atoms with Gasteiger partial charge >= 0.3 is 0 Å². The molecule has 0 radical (unpaired) electrons. The van der Waals surface area contributed by atoms with Gasteiger partial charge in [-0.25, -0.2) is 0 Å². The lowest BCUT2D eigenvalue weighted by Crippen LogP contribution is -2.08. The summed E-state index contributed by atoms with van der Waals surface area (Å²) < 4.78 is 5.88. The summed E-state index contributed by atoms with van der Waals surface area (Å²) in [6.07, 6.45) is 3.92. The predicted octanol–water partition coefficient (Wildman–Crippen LogP) is 4.71. The maximum Gasteiger partial charge on any atom is 0.0619 e. The molecule has 1 saturated heterocycles. The van der Waals surface area contributed by atoms with Crippen LogP contribution in [0.5, 0.6) is 0 Å². The number of rotatable bonds is 4. The van der Waals surface area contributed by atoms with Gasteiger partial charge in [-0.15, -0.1) is 0 Å². The topological polar surface area (TPSA) is 9.23 Å². The fourth-order valence-electron chi connectivity index (χ4n) is 2.93. The van der Waals surface area contributed by atoms with E-state index in [0.717, 1.165) is 18.9 Å². The van der Waals surface area contributed by atoms with Crippen LogP contribution in [0.15, 0.2) is 54.6 Å². The highest BCUT2D eigenvalue weighted by Gasteiger charge is 2.23. The van der Waals surface area contributed by atoms with E-state index in [1.807, 2.05) is 0 Å². The molecule has 1 aliphatic rings. The van der Waals surface area contributed by atoms with Gasteiger partial charge in [-0.2, -0.15) is 0 Å². The van der Waals surface area contributed by atoms with E-state index in [9.17, 15) is 0 Å². The Hall–Kier alpha value is -1.60. The molecule has 1 heteroatoms. The molecule has 0 amide bonds. The van der Waals surface area contributed by atoms with Gasteiger partial charge in [0.05, 0.1) is 6.10 Å². The van der Waals surface area contributed by atoms with Crippen molar-refractivity contribution in [2.75, 3.05) is 6.61 Å². The molecule has 2 aromatic rings. The minimum atomic E-state index is 0.419. The lowest BCUT2D eigenvalue weighted by molar-refractivity contribution is 0.107. The summed E-state index contributed by atoms with van der Waals surface area (Å²) in [5, 5.41) is 0. The van der Waals surface area contributed by atoms with E-state index < -0.39 is 0 Å². The Balaban J connectivity index is 1.65. The average Bonchev–Trinajstić information content (AvgIpc) is 2.97. The smallest absolute Gasteiger partial charge is 0.0619 e. The summed E-state index contributed by atoms with van der Waals surface area (Å²) in [4.78, 5) is 0. The molecular formula is C19H22O. The van der Waals surface area contributed by atoms with Gasteiger partial charge in [0, 0.05) is 6.61 Å². The summed E-state index contributed by atoms with van der Waals surface area (Å²) in [7, 11) is 0. The standard InChI is InChI=1S/C19H22O/c1-2-15-12-19(20-14-15)13-16-8-10-18(11-9-16)17-6-4-3-5-7-17/h3-11,15,19H,2,12-14H2,1H3/t15-,19-/m0/s1. The second kappa shape index (κ2) is 6.23. The van der Waals surface area contributed by atoms with Gasteiger partial charge < -0.3 is 4.74 Å². The zero-order valence-corrected chi connectivity index (χ0v) is 12.1. The molecule has 0 bridgehead atoms. The third-order valence-corrected chi connectivity index (χ3v) is 4.27.